The zero-order chi connectivity index (χ0) is 11.2. The lowest BCUT2D eigenvalue weighted by molar-refractivity contribution is -0.0103. The third-order valence-corrected chi connectivity index (χ3v) is 2.33. The highest BCUT2D eigenvalue weighted by atomic mass is 16.5. The third kappa shape index (κ3) is 6.35. The van der Waals surface area contributed by atoms with E-state index in [0.717, 1.165) is 13.0 Å². The fraction of sp³-hybridized carbons (Fsp3) is 1.00. The molecule has 0 saturated carbocycles. The van der Waals surface area contributed by atoms with E-state index in [1.165, 1.54) is 0 Å². The minimum absolute atomic E-state index is 0.0893. The Morgan fingerprint density at radius 1 is 1.29 bits per heavy atom. The van der Waals surface area contributed by atoms with Crippen LogP contribution in [-0.4, -0.2) is 38.5 Å². The molecule has 3 heteroatoms. The summed E-state index contributed by atoms with van der Waals surface area (Å²) in [5.74, 6) is 0. The molecule has 0 aliphatic carbocycles. The summed E-state index contributed by atoms with van der Waals surface area (Å²) < 4.78 is 10.9. The van der Waals surface area contributed by atoms with E-state index < -0.39 is 0 Å². The number of ether oxygens (including phenoxy) is 2. The Kier molecular flexibility index (Phi) is 6.33. The third-order valence-electron chi connectivity index (χ3n) is 2.33. The molecule has 1 atom stereocenters. The molecule has 0 amide bonds. The molecule has 0 bridgehead atoms. The van der Waals surface area contributed by atoms with Gasteiger partial charge in [0.25, 0.3) is 0 Å². The zero-order valence-electron chi connectivity index (χ0n) is 10.4. The normalized spacial score (nSPS) is 14.8. The second-order valence-electron chi connectivity index (χ2n) is 4.54. The van der Waals surface area contributed by atoms with Crippen molar-refractivity contribution < 1.29 is 9.47 Å². The molecule has 3 nitrogen and oxygen atoms in total. The van der Waals surface area contributed by atoms with Crippen molar-refractivity contribution in [3.63, 3.8) is 0 Å². The van der Waals surface area contributed by atoms with Gasteiger partial charge < -0.3 is 14.8 Å². The SMILES string of the molecule is CNC(COC(C)C)CC(C)(C)OC. The predicted molar refractivity (Wildman–Crippen MR) is 59.6 cm³/mol. The Bertz CT molecular complexity index is 146. The number of hydrogen-bond acceptors (Lipinski definition) is 3. The van der Waals surface area contributed by atoms with E-state index in [9.17, 15) is 0 Å². The quantitative estimate of drug-likeness (QED) is 0.684. The first-order valence-electron chi connectivity index (χ1n) is 5.25. The fourth-order valence-electron chi connectivity index (χ4n) is 1.23. The van der Waals surface area contributed by atoms with Gasteiger partial charge in [0.1, 0.15) is 0 Å². The van der Waals surface area contributed by atoms with Gasteiger partial charge in [0, 0.05) is 13.2 Å². The Morgan fingerprint density at radius 2 is 1.86 bits per heavy atom. The maximum Gasteiger partial charge on any atom is 0.0638 e. The van der Waals surface area contributed by atoms with Crippen LogP contribution in [0.3, 0.4) is 0 Å². The van der Waals surface area contributed by atoms with Gasteiger partial charge in [-0.2, -0.15) is 0 Å². The van der Waals surface area contributed by atoms with Crippen molar-refractivity contribution in [1.82, 2.24) is 5.32 Å². The van der Waals surface area contributed by atoms with Crippen LogP contribution in [-0.2, 0) is 9.47 Å². The topological polar surface area (TPSA) is 30.5 Å². The van der Waals surface area contributed by atoms with Crippen LogP contribution >= 0.6 is 0 Å². The van der Waals surface area contributed by atoms with Crippen LogP contribution in [0.25, 0.3) is 0 Å². The Labute approximate surface area is 88.2 Å². The molecule has 0 aromatic carbocycles. The van der Waals surface area contributed by atoms with Gasteiger partial charge in [0.05, 0.1) is 18.3 Å². The molecular weight excluding hydrogens is 178 g/mol. The number of methoxy groups -OCH3 is 1. The summed E-state index contributed by atoms with van der Waals surface area (Å²) in [5, 5.41) is 3.24. The van der Waals surface area contributed by atoms with Crippen molar-refractivity contribution in [2.24, 2.45) is 0 Å². The van der Waals surface area contributed by atoms with Crippen LogP contribution in [0.4, 0.5) is 0 Å². The lowest BCUT2D eigenvalue weighted by Crippen LogP contribution is -2.39. The van der Waals surface area contributed by atoms with Crippen molar-refractivity contribution in [1.29, 1.82) is 0 Å². The van der Waals surface area contributed by atoms with E-state index in [4.69, 9.17) is 9.47 Å². The van der Waals surface area contributed by atoms with Crippen LogP contribution in [0.2, 0.25) is 0 Å². The van der Waals surface area contributed by atoms with E-state index in [0.29, 0.717) is 6.04 Å². The van der Waals surface area contributed by atoms with Gasteiger partial charge in [-0.1, -0.05) is 0 Å². The molecule has 0 radical (unpaired) electrons. The highest BCUT2D eigenvalue weighted by Crippen LogP contribution is 2.15. The van der Waals surface area contributed by atoms with Crippen LogP contribution in [0.15, 0.2) is 0 Å². The van der Waals surface area contributed by atoms with E-state index in [1.54, 1.807) is 7.11 Å². The summed E-state index contributed by atoms with van der Waals surface area (Å²) in [7, 11) is 3.70. The minimum atomic E-state index is -0.0893. The first-order valence-corrected chi connectivity index (χ1v) is 5.25. The van der Waals surface area contributed by atoms with Crippen LogP contribution < -0.4 is 5.32 Å². The van der Waals surface area contributed by atoms with Crippen LogP contribution in [0, 0.1) is 0 Å². The average Bonchev–Trinajstić information content (AvgIpc) is 2.12. The summed E-state index contributed by atoms with van der Waals surface area (Å²) in [6.07, 6.45) is 1.24. The molecule has 0 rings (SSSR count). The Balaban J connectivity index is 3.90. The molecule has 0 heterocycles. The van der Waals surface area contributed by atoms with Gasteiger partial charge in [0.15, 0.2) is 0 Å². The fourth-order valence-corrected chi connectivity index (χ4v) is 1.23. The van der Waals surface area contributed by atoms with Gasteiger partial charge in [-0.05, 0) is 41.2 Å². The minimum Gasteiger partial charge on any atom is -0.379 e. The van der Waals surface area contributed by atoms with Crippen LogP contribution in [0.5, 0.6) is 0 Å². The molecule has 0 aromatic rings. The molecule has 1 N–H and O–H groups in total. The van der Waals surface area contributed by atoms with Crippen molar-refractivity contribution in [3.8, 4) is 0 Å². The lowest BCUT2D eigenvalue weighted by Gasteiger charge is -2.28. The molecule has 0 fully saturated rings. The first-order chi connectivity index (χ1) is 6.41. The number of hydrogen-bond donors (Lipinski definition) is 1. The van der Waals surface area contributed by atoms with Gasteiger partial charge in [0.2, 0.25) is 0 Å². The number of rotatable bonds is 7. The van der Waals surface area contributed by atoms with Crippen LogP contribution in [0.1, 0.15) is 34.1 Å². The predicted octanol–water partition coefficient (Wildman–Crippen LogP) is 1.81. The van der Waals surface area contributed by atoms with Crippen molar-refractivity contribution in [2.45, 2.75) is 51.9 Å². The molecule has 0 aliphatic rings. The molecule has 1 unspecified atom stereocenters. The summed E-state index contributed by atoms with van der Waals surface area (Å²) in [4.78, 5) is 0. The number of likely N-dealkylation sites (N-methyl/N-ethyl adjacent to an activating group) is 1. The summed E-state index contributed by atoms with van der Waals surface area (Å²) >= 11 is 0. The largest absolute Gasteiger partial charge is 0.379 e. The number of nitrogens with one attached hydrogen (secondary N) is 1. The summed E-state index contributed by atoms with van der Waals surface area (Å²) in [5.41, 5.74) is -0.0893. The maximum absolute atomic E-state index is 5.57. The maximum atomic E-state index is 5.57. The van der Waals surface area contributed by atoms with Crippen molar-refractivity contribution in [3.05, 3.63) is 0 Å². The second-order valence-corrected chi connectivity index (χ2v) is 4.54. The standard InChI is InChI=1S/C11H25NO2/c1-9(2)14-8-10(12-5)7-11(3,4)13-6/h9-10,12H,7-8H2,1-6H3. The smallest absolute Gasteiger partial charge is 0.0638 e. The molecule has 0 aliphatic heterocycles. The van der Waals surface area contributed by atoms with E-state index >= 15 is 0 Å². The second kappa shape index (κ2) is 6.38. The zero-order valence-corrected chi connectivity index (χ0v) is 10.4. The Hall–Kier alpha value is -0.120. The monoisotopic (exact) mass is 203 g/mol. The van der Waals surface area contributed by atoms with Gasteiger partial charge in [-0.15, -0.1) is 0 Å². The first kappa shape index (κ1) is 13.9. The van der Waals surface area contributed by atoms with Gasteiger partial charge in [-0.3, -0.25) is 0 Å². The molecular formula is C11H25NO2. The van der Waals surface area contributed by atoms with Crippen molar-refractivity contribution >= 4 is 0 Å². The summed E-state index contributed by atoms with van der Waals surface area (Å²) in [6, 6.07) is 0.354. The molecule has 0 saturated heterocycles. The van der Waals surface area contributed by atoms with E-state index in [-0.39, 0.29) is 11.7 Å². The average molecular weight is 203 g/mol. The van der Waals surface area contributed by atoms with E-state index in [1.807, 2.05) is 20.9 Å². The molecule has 86 valence electrons. The van der Waals surface area contributed by atoms with Gasteiger partial charge in [-0.25, -0.2) is 0 Å². The molecule has 0 spiro atoms. The highest BCUT2D eigenvalue weighted by Gasteiger charge is 2.22. The van der Waals surface area contributed by atoms with Gasteiger partial charge >= 0.3 is 0 Å². The lowest BCUT2D eigenvalue weighted by atomic mass is 9.99. The molecule has 0 aromatic heterocycles. The summed E-state index contributed by atoms with van der Waals surface area (Å²) in [6.45, 7) is 9.02. The Morgan fingerprint density at radius 3 is 2.21 bits per heavy atom. The van der Waals surface area contributed by atoms with E-state index in [2.05, 4.69) is 19.2 Å². The molecule has 14 heavy (non-hydrogen) atoms. The highest BCUT2D eigenvalue weighted by molar-refractivity contribution is 4.77. The van der Waals surface area contributed by atoms with Crippen molar-refractivity contribution in [2.75, 3.05) is 20.8 Å².